The molecule has 2 aromatic heterocycles. The van der Waals surface area contributed by atoms with Crippen molar-refractivity contribution in [2.75, 3.05) is 25.0 Å². The van der Waals surface area contributed by atoms with Crippen molar-refractivity contribution in [1.29, 1.82) is 0 Å². The van der Waals surface area contributed by atoms with E-state index in [4.69, 9.17) is 5.73 Å². The van der Waals surface area contributed by atoms with E-state index in [9.17, 15) is 4.79 Å². The highest BCUT2D eigenvalue weighted by Gasteiger charge is 2.19. The molecule has 132 valence electrons. The standard InChI is InChI=1S/C18H24N6O/c1-12(3-4-16(19)25)18-22-10-13-9-17(21-11-15(13)23-18)24(2)14-5-7-20-8-6-14/h9-11,14,20H,1,3-8H2,2H3,(H2,19,25). The molecule has 1 fully saturated rings. The molecule has 1 saturated heterocycles. The van der Waals surface area contributed by atoms with Crippen molar-refractivity contribution >= 4 is 28.2 Å². The smallest absolute Gasteiger partial charge is 0.217 e. The van der Waals surface area contributed by atoms with Gasteiger partial charge in [-0.15, -0.1) is 0 Å². The minimum atomic E-state index is -0.353. The van der Waals surface area contributed by atoms with Crippen LogP contribution in [0.15, 0.2) is 25.0 Å². The van der Waals surface area contributed by atoms with Gasteiger partial charge in [0.2, 0.25) is 5.91 Å². The lowest BCUT2D eigenvalue weighted by Gasteiger charge is -2.32. The number of nitrogens with zero attached hydrogens (tertiary/aromatic N) is 4. The van der Waals surface area contributed by atoms with Crippen molar-refractivity contribution in [3.8, 4) is 0 Å². The number of pyridine rings is 1. The first-order valence-electron chi connectivity index (χ1n) is 8.57. The lowest BCUT2D eigenvalue weighted by molar-refractivity contribution is -0.117. The van der Waals surface area contributed by atoms with Crippen molar-refractivity contribution in [2.24, 2.45) is 5.73 Å². The first-order valence-corrected chi connectivity index (χ1v) is 8.57. The largest absolute Gasteiger partial charge is 0.370 e. The van der Waals surface area contributed by atoms with E-state index in [0.717, 1.165) is 42.7 Å². The second-order valence-corrected chi connectivity index (χ2v) is 6.46. The molecule has 0 unspecified atom stereocenters. The molecule has 7 heteroatoms. The van der Waals surface area contributed by atoms with Gasteiger partial charge in [0.1, 0.15) is 5.82 Å². The summed E-state index contributed by atoms with van der Waals surface area (Å²) in [4.78, 5) is 26.6. The molecule has 1 amide bonds. The van der Waals surface area contributed by atoms with E-state index in [2.05, 4.69) is 38.8 Å². The van der Waals surface area contributed by atoms with E-state index in [-0.39, 0.29) is 12.3 Å². The van der Waals surface area contributed by atoms with Crippen molar-refractivity contribution in [3.63, 3.8) is 0 Å². The number of allylic oxidation sites excluding steroid dienone is 1. The molecule has 25 heavy (non-hydrogen) atoms. The van der Waals surface area contributed by atoms with Crippen LogP contribution in [-0.2, 0) is 4.79 Å². The van der Waals surface area contributed by atoms with Gasteiger partial charge in [-0.2, -0.15) is 0 Å². The Labute approximate surface area is 147 Å². The van der Waals surface area contributed by atoms with Crippen LogP contribution in [-0.4, -0.2) is 47.0 Å². The van der Waals surface area contributed by atoms with E-state index in [0.29, 0.717) is 23.9 Å². The number of hydrogen-bond donors (Lipinski definition) is 2. The highest BCUT2D eigenvalue weighted by Crippen LogP contribution is 2.23. The monoisotopic (exact) mass is 340 g/mol. The summed E-state index contributed by atoms with van der Waals surface area (Å²) >= 11 is 0. The van der Waals surface area contributed by atoms with Crippen molar-refractivity contribution in [1.82, 2.24) is 20.3 Å². The minimum Gasteiger partial charge on any atom is -0.370 e. The summed E-state index contributed by atoms with van der Waals surface area (Å²) in [7, 11) is 2.09. The maximum atomic E-state index is 10.9. The number of rotatable bonds is 6. The summed E-state index contributed by atoms with van der Waals surface area (Å²) in [6.07, 6.45) is 6.50. The van der Waals surface area contributed by atoms with Crippen LogP contribution in [0.1, 0.15) is 31.5 Å². The minimum absolute atomic E-state index is 0.248. The Balaban J connectivity index is 1.78. The number of carbonyl (C=O) groups is 1. The Bertz CT molecular complexity index is 784. The third-order valence-electron chi connectivity index (χ3n) is 4.66. The van der Waals surface area contributed by atoms with Crippen LogP contribution in [0.4, 0.5) is 5.82 Å². The SMILES string of the molecule is C=C(CCC(N)=O)c1ncc2cc(N(C)C3CCNCC3)ncc2n1. The Hall–Kier alpha value is -2.54. The number of primary amides is 1. The molecule has 1 aliphatic rings. The van der Waals surface area contributed by atoms with Crippen molar-refractivity contribution in [3.05, 3.63) is 30.9 Å². The quantitative estimate of drug-likeness (QED) is 0.827. The zero-order valence-electron chi connectivity index (χ0n) is 14.5. The molecule has 0 radical (unpaired) electrons. The number of nitrogens with one attached hydrogen (secondary N) is 1. The summed E-state index contributed by atoms with van der Waals surface area (Å²) in [5, 5.41) is 4.32. The predicted octanol–water partition coefficient (Wildman–Crippen LogP) is 1.49. The average molecular weight is 340 g/mol. The van der Waals surface area contributed by atoms with Gasteiger partial charge in [-0.25, -0.2) is 15.0 Å². The van der Waals surface area contributed by atoms with Gasteiger partial charge in [0.25, 0.3) is 0 Å². The molecule has 7 nitrogen and oxygen atoms in total. The van der Waals surface area contributed by atoms with Crippen LogP contribution in [0, 0.1) is 0 Å². The van der Waals surface area contributed by atoms with Crippen LogP contribution < -0.4 is 16.0 Å². The summed E-state index contributed by atoms with van der Waals surface area (Å²) < 4.78 is 0. The van der Waals surface area contributed by atoms with Gasteiger partial charge in [0.15, 0.2) is 5.82 Å². The van der Waals surface area contributed by atoms with Gasteiger partial charge >= 0.3 is 0 Å². The topological polar surface area (TPSA) is 97.0 Å². The van der Waals surface area contributed by atoms with Gasteiger partial charge < -0.3 is 16.0 Å². The fraction of sp³-hybridized carbons (Fsp3) is 0.444. The van der Waals surface area contributed by atoms with Gasteiger partial charge in [-0.1, -0.05) is 6.58 Å². The second kappa shape index (κ2) is 7.57. The molecule has 0 saturated carbocycles. The van der Waals surface area contributed by atoms with Crippen LogP contribution in [0.2, 0.25) is 0 Å². The maximum absolute atomic E-state index is 10.9. The van der Waals surface area contributed by atoms with Gasteiger partial charge in [-0.3, -0.25) is 4.79 Å². The number of piperidine rings is 1. The average Bonchev–Trinajstić information content (AvgIpc) is 2.65. The molecular weight excluding hydrogens is 316 g/mol. The molecule has 2 aromatic rings. The Morgan fingerprint density at radius 1 is 1.32 bits per heavy atom. The summed E-state index contributed by atoms with van der Waals surface area (Å²) in [5.74, 6) is 1.12. The lowest BCUT2D eigenvalue weighted by atomic mass is 10.1. The number of hydrogen-bond acceptors (Lipinski definition) is 6. The summed E-state index contributed by atoms with van der Waals surface area (Å²) in [5.41, 5.74) is 6.65. The van der Waals surface area contributed by atoms with E-state index >= 15 is 0 Å². The first kappa shape index (κ1) is 17.3. The van der Waals surface area contributed by atoms with Crippen LogP contribution in [0.5, 0.6) is 0 Å². The highest BCUT2D eigenvalue weighted by atomic mass is 16.1. The molecule has 0 atom stereocenters. The molecular formula is C18H24N6O. The Morgan fingerprint density at radius 3 is 2.80 bits per heavy atom. The number of nitrogens with two attached hydrogens (primary N) is 1. The molecule has 0 bridgehead atoms. The number of amides is 1. The van der Waals surface area contributed by atoms with Crippen LogP contribution in [0.25, 0.3) is 16.5 Å². The van der Waals surface area contributed by atoms with E-state index < -0.39 is 0 Å². The molecule has 3 N–H and O–H groups in total. The molecule has 0 aromatic carbocycles. The fourth-order valence-corrected chi connectivity index (χ4v) is 3.05. The van der Waals surface area contributed by atoms with Gasteiger partial charge in [0.05, 0.1) is 11.7 Å². The normalized spacial score (nSPS) is 15.2. The van der Waals surface area contributed by atoms with Crippen LogP contribution >= 0.6 is 0 Å². The number of carbonyl (C=O) groups excluding carboxylic acids is 1. The second-order valence-electron chi connectivity index (χ2n) is 6.46. The molecule has 0 aliphatic carbocycles. The van der Waals surface area contributed by atoms with Crippen molar-refractivity contribution < 1.29 is 4.79 Å². The zero-order valence-corrected chi connectivity index (χ0v) is 14.5. The van der Waals surface area contributed by atoms with Gasteiger partial charge in [-0.05, 0) is 44.0 Å². The van der Waals surface area contributed by atoms with E-state index in [1.807, 2.05) is 6.07 Å². The molecule has 1 aliphatic heterocycles. The first-order chi connectivity index (χ1) is 12.0. The zero-order chi connectivity index (χ0) is 17.8. The lowest BCUT2D eigenvalue weighted by Crippen LogP contribution is -2.41. The number of anilines is 1. The van der Waals surface area contributed by atoms with Crippen molar-refractivity contribution in [2.45, 2.75) is 31.7 Å². The summed E-state index contributed by atoms with van der Waals surface area (Å²) in [6.45, 7) is 6.03. The molecule has 3 rings (SSSR count). The maximum Gasteiger partial charge on any atom is 0.217 e. The van der Waals surface area contributed by atoms with E-state index in [1.54, 1.807) is 12.4 Å². The number of aromatic nitrogens is 3. The fourth-order valence-electron chi connectivity index (χ4n) is 3.05. The van der Waals surface area contributed by atoms with Gasteiger partial charge in [0, 0.05) is 31.1 Å². The predicted molar refractivity (Wildman–Crippen MR) is 99.1 cm³/mol. The molecule has 0 spiro atoms. The third-order valence-corrected chi connectivity index (χ3v) is 4.66. The molecule has 3 heterocycles. The highest BCUT2D eigenvalue weighted by molar-refractivity contribution is 5.81. The third kappa shape index (κ3) is 4.11. The number of fused-ring (bicyclic) bond motifs is 1. The van der Waals surface area contributed by atoms with E-state index in [1.165, 1.54) is 0 Å². The Kier molecular flexibility index (Phi) is 5.23. The Morgan fingerprint density at radius 2 is 2.08 bits per heavy atom. The summed E-state index contributed by atoms with van der Waals surface area (Å²) in [6, 6.07) is 2.52. The van der Waals surface area contributed by atoms with Crippen LogP contribution in [0.3, 0.4) is 0 Å².